The number of carbonyl (C=O) groups excluding carboxylic acids is 1. The molecule has 0 bridgehead atoms. The van der Waals surface area contributed by atoms with Crippen molar-refractivity contribution < 1.29 is 14.7 Å². The Kier molecular flexibility index (Phi) is 3.38. The summed E-state index contributed by atoms with van der Waals surface area (Å²) >= 11 is 0. The van der Waals surface area contributed by atoms with Crippen molar-refractivity contribution in [3.8, 4) is 0 Å². The standard InChI is InChI=1S/C15H14N4O3/c1-2-9-10(15(21)22)4-3-5-12(9)18-14(20)11-8-17-19-7-6-16-13(11)19/h3-8,17H,2H2,1H3,(H,18,20)(H,21,22). The minimum Gasteiger partial charge on any atom is -0.478 e. The molecule has 2 aromatic heterocycles. The molecule has 0 atom stereocenters. The number of imidazole rings is 1. The van der Waals surface area contributed by atoms with E-state index in [-0.39, 0.29) is 11.5 Å². The van der Waals surface area contributed by atoms with Gasteiger partial charge in [0.1, 0.15) is 5.56 Å². The van der Waals surface area contributed by atoms with Crippen LogP contribution in [-0.2, 0) is 6.42 Å². The number of amides is 1. The number of aromatic amines is 1. The molecule has 0 saturated heterocycles. The third-order valence-electron chi connectivity index (χ3n) is 3.48. The molecule has 1 amide bonds. The minimum absolute atomic E-state index is 0.195. The van der Waals surface area contributed by atoms with Gasteiger partial charge in [-0.1, -0.05) is 13.0 Å². The molecule has 3 N–H and O–H groups in total. The van der Waals surface area contributed by atoms with Crippen LogP contribution in [0.25, 0.3) is 5.65 Å². The van der Waals surface area contributed by atoms with Crippen molar-refractivity contribution in [2.24, 2.45) is 0 Å². The molecule has 112 valence electrons. The normalized spacial score (nSPS) is 10.8. The summed E-state index contributed by atoms with van der Waals surface area (Å²) in [6, 6.07) is 4.83. The van der Waals surface area contributed by atoms with E-state index in [0.717, 1.165) is 0 Å². The third-order valence-corrected chi connectivity index (χ3v) is 3.48. The van der Waals surface area contributed by atoms with E-state index in [1.54, 1.807) is 35.2 Å². The maximum Gasteiger partial charge on any atom is 0.336 e. The lowest BCUT2D eigenvalue weighted by Gasteiger charge is -2.11. The van der Waals surface area contributed by atoms with Crippen LogP contribution < -0.4 is 5.32 Å². The van der Waals surface area contributed by atoms with Gasteiger partial charge in [-0.25, -0.2) is 14.3 Å². The first-order valence-electron chi connectivity index (χ1n) is 6.78. The van der Waals surface area contributed by atoms with Crippen molar-refractivity contribution in [3.63, 3.8) is 0 Å². The Hall–Kier alpha value is -3.09. The van der Waals surface area contributed by atoms with Gasteiger partial charge in [0.15, 0.2) is 5.65 Å². The summed E-state index contributed by atoms with van der Waals surface area (Å²) in [7, 11) is 0. The zero-order valence-corrected chi connectivity index (χ0v) is 11.8. The Morgan fingerprint density at radius 2 is 2.18 bits per heavy atom. The Balaban J connectivity index is 1.96. The van der Waals surface area contributed by atoms with Gasteiger partial charge in [-0.15, -0.1) is 0 Å². The molecule has 3 rings (SSSR count). The van der Waals surface area contributed by atoms with E-state index in [9.17, 15) is 14.7 Å². The molecule has 0 spiro atoms. The highest BCUT2D eigenvalue weighted by Crippen LogP contribution is 2.22. The van der Waals surface area contributed by atoms with E-state index in [0.29, 0.717) is 28.9 Å². The molecule has 0 radical (unpaired) electrons. The number of rotatable bonds is 4. The van der Waals surface area contributed by atoms with Crippen molar-refractivity contribution in [2.45, 2.75) is 13.3 Å². The largest absolute Gasteiger partial charge is 0.478 e. The molecular weight excluding hydrogens is 284 g/mol. The predicted molar refractivity (Wildman–Crippen MR) is 80.3 cm³/mol. The number of carboxylic acid groups (broad SMARTS) is 1. The predicted octanol–water partition coefficient (Wildman–Crippen LogP) is 2.18. The number of aromatic carboxylic acids is 1. The van der Waals surface area contributed by atoms with Crippen LogP contribution in [0, 0.1) is 0 Å². The highest BCUT2D eigenvalue weighted by atomic mass is 16.4. The smallest absolute Gasteiger partial charge is 0.336 e. The highest BCUT2D eigenvalue weighted by molar-refractivity contribution is 6.09. The Bertz CT molecular complexity index is 863. The first-order valence-corrected chi connectivity index (χ1v) is 6.78. The molecule has 7 nitrogen and oxygen atoms in total. The van der Waals surface area contributed by atoms with Gasteiger partial charge in [0.05, 0.1) is 5.56 Å². The first-order chi connectivity index (χ1) is 10.6. The van der Waals surface area contributed by atoms with Crippen molar-refractivity contribution in [1.29, 1.82) is 0 Å². The molecule has 3 aromatic rings. The summed E-state index contributed by atoms with van der Waals surface area (Å²) < 4.78 is 1.63. The van der Waals surface area contributed by atoms with Crippen LogP contribution in [0.1, 0.15) is 33.2 Å². The van der Waals surface area contributed by atoms with Gasteiger partial charge < -0.3 is 10.4 Å². The summed E-state index contributed by atoms with van der Waals surface area (Å²) in [4.78, 5) is 27.8. The van der Waals surface area contributed by atoms with Crippen LogP contribution in [0.5, 0.6) is 0 Å². The van der Waals surface area contributed by atoms with Crippen LogP contribution in [0.15, 0.2) is 36.8 Å². The lowest BCUT2D eigenvalue weighted by Crippen LogP contribution is -2.15. The SMILES string of the molecule is CCc1c(NC(=O)c2c[nH]n3ccnc23)cccc1C(=O)O. The zero-order chi connectivity index (χ0) is 15.7. The molecule has 0 saturated carbocycles. The number of H-pyrrole nitrogens is 1. The van der Waals surface area contributed by atoms with E-state index in [2.05, 4.69) is 15.4 Å². The number of hydrogen-bond donors (Lipinski definition) is 3. The van der Waals surface area contributed by atoms with Gasteiger partial charge in [-0.2, -0.15) is 0 Å². The van der Waals surface area contributed by atoms with Crippen LogP contribution >= 0.6 is 0 Å². The van der Waals surface area contributed by atoms with Gasteiger partial charge in [0.25, 0.3) is 5.91 Å². The summed E-state index contributed by atoms with van der Waals surface area (Å²) in [6.07, 6.45) is 5.36. The average Bonchev–Trinajstić information content (AvgIpc) is 3.09. The van der Waals surface area contributed by atoms with E-state index in [1.807, 2.05) is 6.92 Å². The van der Waals surface area contributed by atoms with E-state index in [4.69, 9.17) is 0 Å². The van der Waals surface area contributed by atoms with Crippen LogP contribution in [0.4, 0.5) is 5.69 Å². The molecule has 0 aliphatic carbocycles. The molecule has 0 aliphatic rings. The van der Waals surface area contributed by atoms with Gasteiger partial charge in [-0.3, -0.25) is 9.89 Å². The van der Waals surface area contributed by atoms with Gasteiger partial charge in [-0.05, 0) is 24.1 Å². The second-order valence-corrected chi connectivity index (χ2v) is 4.75. The van der Waals surface area contributed by atoms with Crippen LogP contribution in [0.3, 0.4) is 0 Å². The van der Waals surface area contributed by atoms with E-state index >= 15 is 0 Å². The molecular formula is C15H14N4O3. The number of carbonyl (C=O) groups is 2. The van der Waals surface area contributed by atoms with Crippen LogP contribution in [-0.4, -0.2) is 31.6 Å². The average molecular weight is 298 g/mol. The fourth-order valence-corrected chi connectivity index (χ4v) is 2.45. The number of carboxylic acids is 1. The Labute approximate surface area is 125 Å². The summed E-state index contributed by atoms with van der Waals surface area (Å²) in [5, 5.41) is 14.9. The van der Waals surface area contributed by atoms with Gasteiger partial charge in [0.2, 0.25) is 0 Å². The highest BCUT2D eigenvalue weighted by Gasteiger charge is 2.17. The summed E-state index contributed by atoms with van der Waals surface area (Å²) in [5.74, 6) is -1.35. The topological polar surface area (TPSA) is 99.5 Å². The minimum atomic E-state index is -1.01. The second kappa shape index (κ2) is 5.36. The number of aromatic nitrogens is 3. The number of anilines is 1. The number of nitrogens with one attached hydrogen (secondary N) is 2. The van der Waals surface area contributed by atoms with Crippen molar-refractivity contribution in [3.05, 3.63) is 53.5 Å². The van der Waals surface area contributed by atoms with E-state index in [1.165, 1.54) is 6.07 Å². The molecule has 2 heterocycles. The van der Waals surface area contributed by atoms with Gasteiger partial charge >= 0.3 is 5.97 Å². The first kappa shape index (κ1) is 13.9. The monoisotopic (exact) mass is 298 g/mol. The number of nitrogens with zero attached hydrogens (tertiary/aromatic N) is 2. The third kappa shape index (κ3) is 2.22. The molecule has 0 fully saturated rings. The summed E-state index contributed by atoms with van der Waals surface area (Å²) in [6.45, 7) is 1.85. The molecule has 22 heavy (non-hydrogen) atoms. The Morgan fingerprint density at radius 1 is 1.36 bits per heavy atom. The number of hydrogen-bond acceptors (Lipinski definition) is 3. The fraction of sp³-hybridized carbons (Fsp3) is 0.133. The van der Waals surface area contributed by atoms with Gasteiger partial charge in [0, 0.05) is 24.3 Å². The zero-order valence-electron chi connectivity index (χ0n) is 11.8. The maximum absolute atomic E-state index is 12.4. The van der Waals surface area contributed by atoms with Crippen molar-refractivity contribution in [2.75, 3.05) is 5.32 Å². The molecule has 1 aromatic carbocycles. The lowest BCUT2D eigenvalue weighted by atomic mass is 10.0. The number of fused-ring (bicyclic) bond motifs is 1. The van der Waals surface area contributed by atoms with Crippen molar-refractivity contribution in [1.82, 2.24) is 14.6 Å². The van der Waals surface area contributed by atoms with E-state index < -0.39 is 5.97 Å². The van der Waals surface area contributed by atoms with Crippen LogP contribution in [0.2, 0.25) is 0 Å². The maximum atomic E-state index is 12.4. The van der Waals surface area contributed by atoms with Crippen molar-refractivity contribution >= 4 is 23.2 Å². The summed E-state index contributed by atoms with van der Waals surface area (Å²) in [5.41, 5.74) is 2.20. The molecule has 0 unspecified atom stereocenters. The molecule has 7 heteroatoms. The Morgan fingerprint density at radius 3 is 2.91 bits per heavy atom. The number of benzene rings is 1. The second-order valence-electron chi connectivity index (χ2n) is 4.75. The molecule has 0 aliphatic heterocycles. The quantitative estimate of drug-likeness (QED) is 0.687. The lowest BCUT2D eigenvalue weighted by molar-refractivity contribution is 0.0695. The fourth-order valence-electron chi connectivity index (χ4n) is 2.45.